The number of nitrogens with one attached hydrogen (secondary N) is 2. The minimum Gasteiger partial charge on any atom is -0.324 e. The van der Waals surface area contributed by atoms with E-state index in [2.05, 4.69) is 26.6 Å². The van der Waals surface area contributed by atoms with Crippen molar-refractivity contribution in [3.8, 4) is 0 Å². The van der Waals surface area contributed by atoms with E-state index in [4.69, 9.17) is 0 Å². The van der Waals surface area contributed by atoms with E-state index in [0.717, 1.165) is 33.3 Å². The lowest BCUT2D eigenvalue weighted by Crippen LogP contribution is -2.47. The number of carbonyl (C=O) groups excluding carboxylic acids is 3. The number of para-hydroxylation sites is 1. The molecule has 27 heavy (non-hydrogen) atoms. The van der Waals surface area contributed by atoms with E-state index >= 15 is 0 Å². The molecule has 2 aliphatic rings. The summed E-state index contributed by atoms with van der Waals surface area (Å²) in [7, 11) is 0. The molecule has 4 amide bonds. The van der Waals surface area contributed by atoms with Crippen LogP contribution in [0.5, 0.6) is 0 Å². The maximum Gasteiger partial charge on any atom is 0.325 e. The Hall–Kier alpha value is -2.67. The molecular formula is C20H18BrN3O3. The predicted octanol–water partition coefficient (Wildman–Crippen LogP) is 3.17. The van der Waals surface area contributed by atoms with E-state index in [1.54, 1.807) is 18.2 Å². The second kappa shape index (κ2) is 6.81. The first kappa shape index (κ1) is 17.7. The summed E-state index contributed by atoms with van der Waals surface area (Å²) in [5.74, 6) is -0.784. The predicted molar refractivity (Wildman–Crippen MR) is 104 cm³/mol. The van der Waals surface area contributed by atoms with Crippen LogP contribution in [0.1, 0.15) is 24.0 Å². The van der Waals surface area contributed by atoms with Gasteiger partial charge in [0.2, 0.25) is 5.91 Å². The number of hydrogen-bond acceptors (Lipinski definition) is 3. The smallest absolute Gasteiger partial charge is 0.324 e. The Morgan fingerprint density at radius 1 is 1.15 bits per heavy atom. The third-order valence-corrected chi connectivity index (χ3v) is 5.79. The van der Waals surface area contributed by atoms with Crippen LogP contribution in [0.3, 0.4) is 0 Å². The van der Waals surface area contributed by atoms with Crippen LogP contribution in [0.25, 0.3) is 0 Å². The lowest BCUT2D eigenvalue weighted by atomic mass is 9.76. The summed E-state index contributed by atoms with van der Waals surface area (Å²) in [6.45, 7) is -0.323. The highest BCUT2D eigenvalue weighted by atomic mass is 79.9. The van der Waals surface area contributed by atoms with Crippen LogP contribution in [0.4, 0.5) is 10.5 Å². The van der Waals surface area contributed by atoms with Gasteiger partial charge in [-0.25, -0.2) is 4.79 Å². The summed E-state index contributed by atoms with van der Waals surface area (Å²) in [6, 6.07) is 14.3. The molecule has 1 spiro atoms. The Morgan fingerprint density at radius 2 is 1.89 bits per heavy atom. The quantitative estimate of drug-likeness (QED) is 0.738. The number of halogens is 1. The molecule has 0 radical (unpaired) electrons. The largest absolute Gasteiger partial charge is 0.325 e. The van der Waals surface area contributed by atoms with E-state index in [1.807, 2.05) is 30.3 Å². The second-order valence-electron chi connectivity index (χ2n) is 6.77. The van der Waals surface area contributed by atoms with Crippen LogP contribution < -0.4 is 10.6 Å². The number of fused-ring (bicyclic) bond motifs is 2. The normalized spacial score (nSPS) is 21.1. The third kappa shape index (κ3) is 3.02. The summed E-state index contributed by atoms with van der Waals surface area (Å²) >= 11 is 3.36. The van der Waals surface area contributed by atoms with Gasteiger partial charge in [-0.2, -0.15) is 0 Å². The lowest BCUT2D eigenvalue weighted by Gasteiger charge is -2.33. The van der Waals surface area contributed by atoms with Crippen molar-refractivity contribution in [1.29, 1.82) is 0 Å². The Labute approximate surface area is 165 Å². The number of imide groups is 1. The molecule has 0 unspecified atom stereocenters. The van der Waals surface area contributed by atoms with Crippen molar-refractivity contribution in [2.45, 2.75) is 24.8 Å². The van der Waals surface area contributed by atoms with Gasteiger partial charge in [0, 0.05) is 4.47 Å². The molecule has 0 saturated carbocycles. The standard InChI is InChI=1S/C20H18BrN3O3/c21-15-9-3-4-10-16(15)22-17(25)12-24-18(26)20(23-19(24)27)11-5-7-13-6-1-2-8-14(13)20/h1-4,6,8-10H,5,7,11-12H2,(H,22,25)(H,23,27)/t20-/m1/s1. The van der Waals surface area contributed by atoms with Crippen LogP contribution in [-0.2, 0) is 21.5 Å². The Bertz CT molecular complexity index is 946. The van der Waals surface area contributed by atoms with Crippen LogP contribution in [0.15, 0.2) is 53.0 Å². The van der Waals surface area contributed by atoms with Gasteiger partial charge in [-0.1, -0.05) is 36.4 Å². The van der Waals surface area contributed by atoms with Crippen molar-refractivity contribution >= 4 is 39.5 Å². The number of urea groups is 1. The zero-order valence-electron chi connectivity index (χ0n) is 14.5. The van der Waals surface area contributed by atoms with Gasteiger partial charge in [-0.3, -0.25) is 14.5 Å². The molecule has 1 heterocycles. The number of carbonyl (C=O) groups is 3. The number of anilines is 1. The summed E-state index contributed by atoms with van der Waals surface area (Å²) in [4.78, 5) is 39.1. The molecule has 7 heteroatoms. The molecule has 0 bridgehead atoms. The van der Waals surface area contributed by atoms with E-state index in [9.17, 15) is 14.4 Å². The van der Waals surface area contributed by atoms with E-state index in [-0.39, 0.29) is 12.5 Å². The first-order valence-corrected chi connectivity index (χ1v) is 9.57. The third-order valence-electron chi connectivity index (χ3n) is 5.10. The summed E-state index contributed by atoms with van der Waals surface area (Å²) in [6.07, 6.45) is 2.22. The molecule has 1 atom stereocenters. The highest BCUT2D eigenvalue weighted by Gasteiger charge is 2.54. The molecule has 1 fully saturated rings. The number of rotatable bonds is 3. The number of benzene rings is 2. The van der Waals surface area contributed by atoms with Crippen LogP contribution >= 0.6 is 15.9 Å². The SMILES string of the molecule is O=C(CN1C(=O)N[C@@]2(CCCc3ccccc32)C1=O)Nc1ccccc1Br. The molecule has 4 rings (SSSR count). The monoisotopic (exact) mass is 427 g/mol. The van der Waals surface area contributed by atoms with Gasteiger partial charge in [0.25, 0.3) is 5.91 Å². The maximum atomic E-state index is 13.2. The van der Waals surface area contributed by atoms with Crippen molar-refractivity contribution in [3.63, 3.8) is 0 Å². The fourth-order valence-electron chi connectivity index (χ4n) is 3.85. The van der Waals surface area contributed by atoms with E-state index < -0.39 is 17.5 Å². The molecule has 6 nitrogen and oxygen atoms in total. The summed E-state index contributed by atoms with van der Waals surface area (Å²) in [5.41, 5.74) is 1.44. The van der Waals surface area contributed by atoms with Crippen molar-refractivity contribution < 1.29 is 14.4 Å². The van der Waals surface area contributed by atoms with Crippen molar-refractivity contribution in [1.82, 2.24) is 10.2 Å². The van der Waals surface area contributed by atoms with Gasteiger partial charge < -0.3 is 10.6 Å². The highest BCUT2D eigenvalue weighted by Crippen LogP contribution is 2.39. The van der Waals surface area contributed by atoms with Crippen molar-refractivity contribution in [3.05, 3.63) is 64.1 Å². The number of hydrogen-bond donors (Lipinski definition) is 2. The van der Waals surface area contributed by atoms with Crippen molar-refractivity contribution in [2.24, 2.45) is 0 Å². The van der Waals surface area contributed by atoms with Gasteiger partial charge in [-0.15, -0.1) is 0 Å². The average molecular weight is 428 g/mol. The Kier molecular flexibility index (Phi) is 4.47. The van der Waals surface area contributed by atoms with Crippen LogP contribution in [0.2, 0.25) is 0 Å². The first-order chi connectivity index (χ1) is 13.0. The first-order valence-electron chi connectivity index (χ1n) is 8.78. The molecule has 1 aliphatic carbocycles. The minimum atomic E-state index is -1.06. The fourth-order valence-corrected chi connectivity index (χ4v) is 4.23. The Balaban J connectivity index is 1.56. The molecule has 1 aliphatic heterocycles. The number of nitrogens with zero attached hydrogens (tertiary/aromatic N) is 1. The second-order valence-corrected chi connectivity index (χ2v) is 7.62. The van der Waals surface area contributed by atoms with Gasteiger partial charge in [0.15, 0.2) is 0 Å². The zero-order chi connectivity index (χ0) is 19.0. The fraction of sp³-hybridized carbons (Fsp3) is 0.250. The zero-order valence-corrected chi connectivity index (χ0v) is 16.1. The average Bonchev–Trinajstić information content (AvgIpc) is 2.89. The van der Waals surface area contributed by atoms with Crippen LogP contribution in [0, 0.1) is 0 Å². The maximum absolute atomic E-state index is 13.2. The molecule has 2 N–H and O–H groups in total. The van der Waals surface area contributed by atoms with Crippen molar-refractivity contribution in [2.75, 3.05) is 11.9 Å². The molecule has 138 valence electrons. The van der Waals surface area contributed by atoms with Gasteiger partial charge in [0.1, 0.15) is 12.1 Å². The Morgan fingerprint density at radius 3 is 2.70 bits per heavy atom. The lowest BCUT2D eigenvalue weighted by molar-refractivity contribution is -0.134. The molecule has 2 aromatic rings. The summed E-state index contributed by atoms with van der Waals surface area (Å²) < 4.78 is 0.730. The molecule has 1 saturated heterocycles. The van der Waals surface area contributed by atoms with E-state index in [1.165, 1.54) is 0 Å². The van der Waals surface area contributed by atoms with Gasteiger partial charge >= 0.3 is 6.03 Å². The molecular weight excluding hydrogens is 410 g/mol. The number of amides is 4. The highest BCUT2D eigenvalue weighted by molar-refractivity contribution is 9.10. The van der Waals surface area contributed by atoms with Gasteiger partial charge in [0.05, 0.1) is 5.69 Å². The van der Waals surface area contributed by atoms with E-state index in [0.29, 0.717) is 12.1 Å². The molecule has 2 aromatic carbocycles. The van der Waals surface area contributed by atoms with Crippen LogP contribution in [-0.4, -0.2) is 29.3 Å². The minimum absolute atomic E-state index is 0.323. The van der Waals surface area contributed by atoms with Gasteiger partial charge in [-0.05, 0) is 58.5 Å². The molecule has 0 aromatic heterocycles. The number of aryl methyl sites for hydroxylation is 1. The topological polar surface area (TPSA) is 78.5 Å². The summed E-state index contributed by atoms with van der Waals surface area (Å²) in [5, 5.41) is 5.58.